The summed E-state index contributed by atoms with van der Waals surface area (Å²) in [6.07, 6.45) is 3.37. The van der Waals surface area contributed by atoms with Crippen molar-refractivity contribution in [2.24, 2.45) is 0 Å². The number of halogens is 1. The molecule has 2 heterocycles. The van der Waals surface area contributed by atoms with Crippen LogP contribution in [0, 0.1) is 5.82 Å². The monoisotopic (exact) mass is 341 g/mol. The normalized spacial score (nSPS) is 16.7. The summed E-state index contributed by atoms with van der Waals surface area (Å²) in [5.74, 6) is -0.900. The number of pyridine rings is 1. The van der Waals surface area contributed by atoms with E-state index in [1.54, 1.807) is 23.2 Å². The Morgan fingerprint density at radius 1 is 1.28 bits per heavy atom. The SMILES string of the molecule is CC(=O)NCc1ccc(C2CCCN2C(=O)c2ccccc2F)nc1. The van der Waals surface area contributed by atoms with E-state index in [9.17, 15) is 14.0 Å². The standard InChI is InChI=1S/C19H20FN3O2/c1-13(24)21-11-14-8-9-17(22-12-14)18-7-4-10-23(18)19(25)15-5-2-3-6-16(15)20/h2-3,5-6,8-9,12,18H,4,7,10-11H2,1H3,(H,21,24). The maximum absolute atomic E-state index is 13.9. The highest BCUT2D eigenvalue weighted by Gasteiger charge is 2.32. The van der Waals surface area contributed by atoms with Crippen LogP contribution in [0.1, 0.15) is 47.4 Å². The maximum Gasteiger partial charge on any atom is 0.257 e. The highest BCUT2D eigenvalue weighted by molar-refractivity contribution is 5.94. The van der Waals surface area contributed by atoms with E-state index in [4.69, 9.17) is 0 Å². The van der Waals surface area contributed by atoms with Gasteiger partial charge in [-0.25, -0.2) is 4.39 Å². The predicted molar refractivity (Wildman–Crippen MR) is 91.2 cm³/mol. The van der Waals surface area contributed by atoms with Gasteiger partial charge in [0.2, 0.25) is 5.91 Å². The van der Waals surface area contributed by atoms with Gasteiger partial charge in [-0.15, -0.1) is 0 Å². The van der Waals surface area contributed by atoms with Gasteiger partial charge in [0, 0.05) is 26.2 Å². The lowest BCUT2D eigenvalue weighted by Crippen LogP contribution is -2.31. The lowest BCUT2D eigenvalue weighted by Gasteiger charge is -2.24. The Balaban J connectivity index is 1.76. The second-order valence-corrected chi connectivity index (χ2v) is 6.14. The van der Waals surface area contributed by atoms with E-state index >= 15 is 0 Å². The van der Waals surface area contributed by atoms with Crippen LogP contribution >= 0.6 is 0 Å². The van der Waals surface area contributed by atoms with Crippen LogP contribution in [0.5, 0.6) is 0 Å². The third-order valence-corrected chi connectivity index (χ3v) is 4.35. The molecule has 0 bridgehead atoms. The first-order valence-electron chi connectivity index (χ1n) is 8.31. The van der Waals surface area contributed by atoms with Crippen LogP contribution < -0.4 is 5.32 Å². The molecule has 1 N–H and O–H groups in total. The van der Waals surface area contributed by atoms with Crippen molar-refractivity contribution in [3.8, 4) is 0 Å². The van der Waals surface area contributed by atoms with Gasteiger partial charge in [0.1, 0.15) is 5.82 Å². The molecule has 1 aliphatic rings. The molecule has 130 valence electrons. The molecule has 3 rings (SSSR count). The third kappa shape index (κ3) is 3.84. The predicted octanol–water partition coefficient (Wildman–Crippen LogP) is 2.83. The number of benzene rings is 1. The molecule has 25 heavy (non-hydrogen) atoms. The van der Waals surface area contributed by atoms with Crippen molar-refractivity contribution in [2.45, 2.75) is 32.4 Å². The molecule has 1 unspecified atom stereocenters. The first kappa shape index (κ1) is 17.1. The summed E-state index contributed by atoms with van der Waals surface area (Å²) in [5.41, 5.74) is 1.77. The smallest absolute Gasteiger partial charge is 0.257 e. The number of rotatable bonds is 4. The molecule has 5 nitrogen and oxygen atoms in total. The lowest BCUT2D eigenvalue weighted by atomic mass is 10.1. The van der Waals surface area contributed by atoms with E-state index in [1.165, 1.54) is 19.1 Å². The van der Waals surface area contributed by atoms with E-state index in [-0.39, 0.29) is 23.4 Å². The average Bonchev–Trinajstić information content (AvgIpc) is 3.10. The lowest BCUT2D eigenvalue weighted by molar-refractivity contribution is -0.119. The molecule has 1 aromatic carbocycles. The fourth-order valence-corrected chi connectivity index (χ4v) is 3.07. The molecule has 0 spiro atoms. The van der Waals surface area contributed by atoms with Crippen molar-refractivity contribution in [2.75, 3.05) is 6.54 Å². The first-order chi connectivity index (χ1) is 12.1. The van der Waals surface area contributed by atoms with Gasteiger partial charge in [-0.3, -0.25) is 14.6 Å². The van der Waals surface area contributed by atoms with Crippen LogP contribution in [-0.2, 0) is 11.3 Å². The van der Waals surface area contributed by atoms with Crippen molar-refractivity contribution >= 4 is 11.8 Å². The summed E-state index contributed by atoms with van der Waals surface area (Å²) in [7, 11) is 0. The van der Waals surface area contributed by atoms with Gasteiger partial charge < -0.3 is 10.2 Å². The minimum absolute atomic E-state index is 0.0941. The zero-order valence-electron chi connectivity index (χ0n) is 14.0. The van der Waals surface area contributed by atoms with Crippen LogP contribution in [0.2, 0.25) is 0 Å². The highest BCUT2D eigenvalue weighted by atomic mass is 19.1. The van der Waals surface area contributed by atoms with E-state index in [0.29, 0.717) is 13.1 Å². The van der Waals surface area contributed by atoms with Gasteiger partial charge in [-0.1, -0.05) is 18.2 Å². The summed E-state index contributed by atoms with van der Waals surface area (Å²) in [6.45, 7) is 2.48. The Hall–Kier alpha value is -2.76. The van der Waals surface area contributed by atoms with E-state index in [2.05, 4.69) is 10.3 Å². The zero-order chi connectivity index (χ0) is 17.8. The Morgan fingerprint density at radius 2 is 2.08 bits per heavy atom. The van der Waals surface area contributed by atoms with E-state index in [0.717, 1.165) is 24.1 Å². The molecule has 6 heteroatoms. The Bertz CT molecular complexity index is 776. The number of carbonyl (C=O) groups excluding carboxylic acids is 2. The summed E-state index contributed by atoms with van der Waals surface area (Å²) in [4.78, 5) is 29.8. The van der Waals surface area contributed by atoms with Crippen molar-refractivity contribution in [1.82, 2.24) is 15.2 Å². The van der Waals surface area contributed by atoms with Gasteiger partial charge >= 0.3 is 0 Å². The highest BCUT2D eigenvalue weighted by Crippen LogP contribution is 2.32. The fourth-order valence-electron chi connectivity index (χ4n) is 3.07. The van der Waals surface area contributed by atoms with Gasteiger partial charge in [-0.05, 0) is 36.6 Å². The molecular weight excluding hydrogens is 321 g/mol. The molecule has 1 aliphatic heterocycles. The van der Waals surface area contributed by atoms with E-state index in [1.807, 2.05) is 12.1 Å². The first-order valence-corrected chi connectivity index (χ1v) is 8.31. The summed E-state index contributed by atoms with van der Waals surface area (Å²) < 4.78 is 13.9. The number of hydrogen-bond acceptors (Lipinski definition) is 3. The number of nitrogens with one attached hydrogen (secondary N) is 1. The molecule has 1 aromatic heterocycles. The average molecular weight is 341 g/mol. The third-order valence-electron chi connectivity index (χ3n) is 4.35. The van der Waals surface area contributed by atoms with Gasteiger partial charge in [-0.2, -0.15) is 0 Å². The van der Waals surface area contributed by atoms with Crippen LogP contribution in [0.3, 0.4) is 0 Å². The molecule has 0 aliphatic carbocycles. The molecule has 0 radical (unpaired) electrons. The second-order valence-electron chi connectivity index (χ2n) is 6.14. The van der Waals surface area contributed by atoms with Crippen molar-refractivity contribution in [1.29, 1.82) is 0 Å². The number of likely N-dealkylation sites (tertiary alicyclic amines) is 1. The Morgan fingerprint density at radius 3 is 2.76 bits per heavy atom. The molecule has 1 fully saturated rings. The second kappa shape index (κ2) is 7.42. The topological polar surface area (TPSA) is 62.3 Å². The molecule has 2 aromatic rings. The quantitative estimate of drug-likeness (QED) is 0.930. The zero-order valence-corrected chi connectivity index (χ0v) is 14.0. The summed E-state index contributed by atoms with van der Waals surface area (Å²) in [6, 6.07) is 9.66. The maximum atomic E-state index is 13.9. The van der Waals surface area contributed by atoms with Crippen LogP contribution in [0.15, 0.2) is 42.6 Å². The molecule has 2 amide bonds. The fraction of sp³-hybridized carbons (Fsp3) is 0.316. The number of aromatic nitrogens is 1. The summed E-state index contributed by atoms with van der Waals surface area (Å²) >= 11 is 0. The van der Waals surface area contributed by atoms with E-state index < -0.39 is 5.82 Å². The molecule has 1 atom stereocenters. The number of nitrogens with zero attached hydrogens (tertiary/aromatic N) is 2. The van der Waals surface area contributed by atoms with Crippen LogP contribution in [0.4, 0.5) is 4.39 Å². The molecular formula is C19H20FN3O2. The number of amides is 2. The largest absolute Gasteiger partial charge is 0.352 e. The van der Waals surface area contributed by atoms with Crippen LogP contribution in [-0.4, -0.2) is 28.2 Å². The van der Waals surface area contributed by atoms with Gasteiger partial charge in [0.15, 0.2) is 0 Å². The van der Waals surface area contributed by atoms with Crippen LogP contribution in [0.25, 0.3) is 0 Å². The van der Waals surface area contributed by atoms with Crippen molar-refractivity contribution < 1.29 is 14.0 Å². The Labute approximate surface area is 145 Å². The van der Waals surface area contributed by atoms with Gasteiger partial charge in [0.25, 0.3) is 5.91 Å². The Kier molecular flexibility index (Phi) is 5.07. The minimum atomic E-state index is -0.503. The number of hydrogen-bond donors (Lipinski definition) is 1. The summed E-state index contributed by atoms with van der Waals surface area (Å²) in [5, 5.41) is 2.72. The molecule has 0 saturated carbocycles. The molecule has 1 saturated heterocycles. The van der Waals surface area contributed by atoms with Crippen molar-refractivity contribution in [3.05, 3.63) is 65.2 Å². The van der Waals surface area contributed by atoms with Gasteiger partial charge in [0.05, 0.1) is 17.3 Å². The number of carbonyl (C=O) groups is 2. The minimum Gasteiger partial charge on any atom is -0.352 e. The van der Waals surface area contributed by atoms with Crippen molar-refractivity contribution in [3.63, 3.8) is 0 Å².